The van der Waals surface area contributed by atoms with Gasteiger partial charge in [-0.3, -0.25) is 0 Å². The summed E-state index contributed by atoms with van der Waals surface area (Å²) in [6.07, 6.45) is 3.56. The van der Waals surface area contributed by atoms with Gasteiger partial charge in [-0.1, -0.05) is 18.3 Å². The predicted molar refractivity (Wildman–Crippen MR) is 83.7 cm³/mol. The van der Waals surface area contributed by atoms with E-state index in [-0.39, 0.29) is 0 Å². The van der Waals surface area contributed by atoms with Crippen LogP contribution in [0, 0.1) is 0 Å². The molecule has 3 rings (SSSR count). The van der Waals surface area contributed by atoms with Crippen LogP contribution in [0.15, 0.2) is 29.6 Å². The first-order chi connectivity index (χ1) is 9.24. The molecule has 5 heteroatoms. The first-order valence-corrected chi connectivity index (χ1v) is 7.62. The number of thiocarbonyl (C=S) groups is 1. The van der Waals surface area contributed by atoms with Gasteiger partial charge >= 0.3 is 0 Å². The predicted octanol–water partition coefficient (Wildman–Crippen LogP) is 3.27. The fourth-order valence-electron chi connectivity index (χ4n) is 2.47. The number of nitrogens with two attached hydrogens (primary N) is 1. The van der Waals surface area contributed by atoms with Crippen molar-refractivity contribution in [3.8, 4) is 0 Å². The third-order valence-corrected chi connectivity index (χ3v) is 4.58. The van der Waals surface area contributed by atoms with Crippen molar-refractivity contribution < 1.29 is 0 Å². The number of rotatable bonds is 3. The zero-order chi connectivity index (χ0) is 13.2. The summed E-state index contributed by atoms with van der Waals surface area (Å²) >= 11 is 6.81. The Morgan fingerprint density at radius 2 is 2.32 bits per heavy atom. The molecule has 0 saturated heterocycles. The Morgan fingerprint density at radius 1 is 1.42 bits per heavy atom. The highest BCUT2D eigenvalue weighted by Gasteiger charge is 2.21. The third kappa shape index (κ3) is 2.62. The van der Waals surface area contributed by atoms with Crippen molar-refractivity contribution in [2.45, 2.75) is 25.3 Å². The van der Waals surface area contributed by atoms with Crippen LogP contribution < -0.4 is 11.1 Å². The van der Waals surface area contributed by atoms with Crippen LogP contribution >= 0.6 is 23.6 Å². The Labute approximate surface area is 121 Å². The summed E-state index contributed by atoms with van der Waals surface area (Å²) in [7, 11) is 0. The Balaban J connectivity index is 1.83. The van der Waals surface area contributed by atoms with Gasteiger partial charge in [-0.2, -0.15) is 0 Å². The molecule has 98 valence electrons. The normalized spacial score (nSPS) is 17.8. The number of anilines is 1. The quantitative estimate of drug-likeness (QED) is 0.852. The van der Waals surface area contributed by atoms with E-state index in [4.69, 9.17) is 18.0 Å². The summed E-state index contributed by atoms with van der Waals surface area (Å²) in [6.45, 7) is 0. The van der Waals surface area contributed by atoms with Gasteiger partial charge in [-0.05, 0) is 48.4 Å². The second-order valence-electron chi connectivity index (χ2n) is 4.66. The first kappa shape index (κ1) is 12.6. The van der Waals surface area contributed by atoms with E-state index in [9.17, 15) is 0 Å². The number of thiophene rings is 1. The fourth-order valence-corrected chi connectivity index (χ4v) is 3.57. The van der Waals surface area contributed by atoms with Crippen molar-refractivity contribution in [2.75, 3.05) is 5.32 Å². The number of nitrogens with zero attached hydrogens (tertiary/aromatic N) is 1. The molecule has 3 N–H and O–H groups in total. The molecule has 1 atom stereocenters. The van der Waals surface area contributed by atoms with Gasteiger partial charge in [0.25, 0.3) is 0 Å². The zero-order valence-electron chi connectivity index (χ0n) is 10.4. The Morgan fingerprint density at radius 3 is 3.16 bits per heavy atom. The number of hydrogen-bond donors (Lipinski definition) is 2. The van der Waals surface area contributed by atoms with Gasteiger partial charge in [0.05, 0.1) is 11.7 Å². The number of pyridine rings is 1. The van der Waals surface area contributed by atoms with Crippen LogP contribution in [0.1, 0.15) is 35.0 Å². The zero-order valence-corrected chi connectivity index (χ0v) is 12.1. The summed E-state index contributed by atoms with van der Waals surface area (Å²) in [5, 5.41) is 5.67. The molecule has 0 bridgehead atoms. The molecule has 0 aromatic carbocycles. The van der Waals surface area contributed by atoms with Gasteiger partial charge in [0, 0.05) is 4.88 Å². The average molecular weight is 289 g/mol. The van der Waals surface area contributed by atoms with E-state index < -0.39 is 0 Å². The summed E-state index contributed by atoms with van der Waals surface area (Å²) in [5.74, 6) is 0.842. The number of fused-ring (bicyclic) bond motifs is 1. The topological polar surface area (TPSA) is 50.9 Å². The highest BCUT2D eigenvalue weighted by molar-refractivity contribution is 7.80. The first-order valence-electron chi connectivity index (χ1n) is 6.34. The standard InChI is InChI=1S/C14H15N3S2/c15-14(18)11-4-2-6-13(17-11)16-10-3-1-5-12-9(10)7-8-19-12/h2,4,6-8,10H,1,3,5H2,(H2,15,18)(H,16,17). The molecule has 2 heterocycles. The average Bonchev–Trinajstić information content (AvgIpc) is 2.88. The van der Waals surface area contributed by atoms with Crippen LogP contribution in [0.4, 0.5) is 5.82 Å². The third-order valence-electron chi connectivity index (χ3n) is 3.38. The van der Waals surface area contributed by atoms with Gasteiger partial charge in [-0.15, -0.1) is 11.3 Å². The van der Waals surface area contributed by atoms with Crippen LogP contribution in [0.25, 0.3) is 0 Å². The molecular weight excluding hydrogens is 274 g/mol. The maximum atomic E-state index is 5.62. The lowest BCUT2D eigenvalue weighted by Crippen LogP contribution is -2.18. The van der Waals surface area contributed by atoms with Crippen LogP contribution in [0.5, 0.6) is 0 Å². The Hall–Kier alpha value is -1.46. The Kier molecular flexibility index (Phi) is 3.48. The lowest BCUT2D eigenvalue weighted by Gasteiger charge is -2.24. The van der Waals surface area contributed by atoms with E-state index in [1.807, 2.05) is 29.5 Å². The van der Waals surface area contributed by atoms with Gasteiger partial charge in [0.15, 0.2) is 0 Å². The largest absolute Gasteiger partial charge is 0.388 e. The van der Waals surface area contributed by atoms with Crippen LogP contribution in [-0.4, -0.2) is 9.97 Å². The molecule has 0 amide bonds. The monoisotopic (exact) mass is 289 g/mol. The molecule has 0 fully saturated rings. The summed E-state index contributed by atoms with van der Waals surface area (Å²) in [4.78, 5) is 6.28. The molecule has 1 aliphatic carbocycles. The van der Waals surface area contributed by atoms with Crippen molar-refractivity contribution >= 4 is 34.4 Å². The van der Waals surface area contributed by atoms with Crippen LogP contribution in [0.2, 0.25) is 0 Å². The molecule has 0 radical (unpaired) electrons. The fraction of sp³-hybridized carbons (Fsp3) is 0.286. The molecule has 1 aliphatic rings. The van der Waals surface area contributed by atoms with Gasteiger partial charge < -0.3 is 11.1 Å². The van der Waals surface area contributed by atoms with Crippen LogP contribution in [-0.2, 0) is 6.42 Å². The molecule has 0 spiro atoms. The number of aryl methyl sites for hydroxylation is 1. The smallest absolute Gasteiger partial charge is 0.127 e. The van der Waals surface area contributed by atoms with Crippen molar-refractivity contribution in [3.05, 3.63) is 45.8 Å². The van der Waals surface area contributed by atoms with Gasteiger partial charge in [-0.25, -0.2) is 4.98 Å². The highest BCUT2D eigenvalue weighted by atomic mass is 32.1. The number of aromatic nitrogens is 1. The number of hydrogen-bond acceptors (Lipinski definition) is 4. The summed E-state index contributed by atoms with van der Waals surface area (Å²) < 4.78 is 0. The lowest BCUT2D eigenvalue weighted by molar-refractivity contribution is 0.607. The second-order valence-corrected chi connectivity index (χ2v) is 6.10. The minimum atomic E-state index is 0.337. The van der Waals surface area contributed by atoms with Crippen molar-refractivity contribution in [1.82, 2.24) is 4.98 Å². The van der Waals surface area contributed by atoms with Gasteiger partial charge in [0.2, 0.25) is 0 Å². The second kappa shape index (κ2) is 5.27. The maximum Gasteiger partial charge on any atom is 0.127 e. The van der Waals surface area contributed by atoms with E-state index in [1.165, 1.54) is 23.3 Å². The Bertz CT molecular complexity index is 606. The van der Waals surface area contributed by atoms with Crippen molar-refractivity contribution in [3.63, 3.8) is 0 Å². The SMILES string of the molecule is NC(=S)c1cccc(NC2CCCc3sccc32)n1. The van der Waals surface area contributed by atoms with Crippen LogP contribution in [0.3, 0.4) is 0 Å². The highest BCUT2D eigenvalue weighted by Crippen LogP contribution is 2.35. The van der Waals surface area contributed by atoms with E-state index in [0.29, 0.717) is 16.7 Å². The molecule has 3 nitrogen and oxygen atoms in total. The van der Waals surface area contributed by atoms with E-state index in [1.54, 1.807) is 0 Å². The van der Waals surface area contributed by atoms with Gasteiger partial charge in [0.1, 0.15) is 10.8 Å². The molecule has 2 aromatic rings. The summed E-state index contributed by atoms with van der Waals surface area (Å²) in [5.41, 5.74) is 7.70. The lowest BCUT2D eigenvalue weighted by atomic mass is 9.94. The minimum Gasteiger partial charge on any atom is -0.388 e. The molecule has 0 aliphatic heterocycles. The summed E-state index contributed by atoms with van der Waals surface area (Å²) in [6, 6.07) is 8.30. The van der Waals surface area contributed by atoms with Crippen molar-refractivity contribution in [1.29, 1.82) is 0 Å². The van der Waals surface area contributed by atoms with Crippen molar-refractivity contribution in [2.24, 2.45) is 5.73 Å². The molecule has 2 aromatic heterocycles. The molecular formula is C14H15N3S2. The minimum absolute atomic E-state index is 0.337. The molecule has 0 saturated carbocycles. The van der Waals surface area contributed by atoms with E-state index in [2.05, 4.69) is 21.7 Å². The van der Waals surface area contributed by atoms with E-state index in [0.717, 1.165) is 12.2 Å². The molecule has 1 unspecified atom stereocenters. The number of nitrogens with one attached hydrogen (secondary N) is 1. The maximum absolute atomic E-state index is 5.62. The molecule has 19 heavy (non-hydrogen) atoms. The van der Waals surface area contributed by atoms with E-state index >= 15 is 0 Å².